The van der Waals surface area contributed by atoms with E-state index in [4.69, 9.17) is 9.47 Å². The first-order valence-electron chi connectivity index (χ1n) is 7.31. The van der Waals surface area contributed by atoms with Gasteiger partial charge in [-0.25, -0.2) is 0 Å². The van der Waals surface area contributed by atoms with Crippen LogP contribution in [-0.2, 0) is 6.04 Å². The lowest BCUT2D eigenvalue weighted by Crippen LogP contribution is -1.84. The van der Waals surface area contributed by atoms with Gasteiger partial charge in [0.1, 0.15) is 11.5 Å². The first kappa shape index (κ1) is 15.8. The normalized spacial score (nSPS) is 10.6. The Morgan fingerprint density at radius 1 is 0.826 bits per heavy atom. The Kier molecular flexibility index (Phi) is 4.84. The molecule has 0 unspecified atom stereocenters. The minimum absolute atomic E-state index is 0.851. The molecule has 0 aliphatic rings. The van der Waals surface area contributed by atoms with Gasteiger partial charge in [-0.05, 0) is 59.6 Å². The third-order valence-corrected chi connectivity index (χ3v) is 5.53. The molecule has 0 saturated carbocycles. The zero-order valence-electron chi connectivity index (χ0n) is 13.1. The predicted octanol–water partition coefficient (Wildman–Crippen LogP) is 4.77. The standard InChI is InChI=1S/C19H17O2SSi/c1-20-15-7-3-13(4-8-15)18-11-17(12-23)22-19(18)14-5-9-16(21-2)10-6-14/h3-11H,12H2,1-2H3. The van der Waals surface area contributed by atoms with Crippen molar-refractivity contribution in [2.45, 2.75) is 6.04 Å². The Labute approximate surface area is 144 Å². The molecule has 0 aliphatic heterocycles. The van der Waals surface area contributed by atoms with Crippen LogP contribution in [-0.4, -0.2) is 24.5 Å². The summed E-state index contributed by atoms with van der Waals surface area (Å²) in [4.78, 5) is 2.57. The zero-order chi connectivity index (χ0) is 16.2. The smallest absolute Gasteiger partial charge is 0.118 e. The molecule has 0 N–H and O–H groups in total. The van der Waals surface area contributed by atoms with E-state index in [-0.39, 0.29) is 0 Å². The van der Waals surface area contributed by atoms with Gasteiger partial charge in [-0.1, -0.05) is 12.1 Å². The summed E-state index contributed by atoms with van der Waals surface area (Å²) in [6.45, 7) is 0. The van der Waals surface area contributed by atoms with E-state index in [0.29, 0.717) is 0 Å². The van der Waals surface area contributed by atoms with Crippen LogP contribution in [0.1, 0.15) is 4.88 Å². The fourth-order valence-corrected chi connectivity index (χ4v) is 3.84. The first-order chi connectivity index (χ1) is 11.2. The number of methoxy groups -OCH3 is 2. The van der Waals surface area contributed by atoms with E-state index < -0.39 is 0 Å². The van der Waals surface area contributed by atoms with Crippen LogP contribution in [0.2, 0.25) is 0 Å². The Balaban J connectivity index is 2.06. The molecule has 115 valence electrons. The molecule has 3 rings (SSSR count). The minimum Gasteiger partial charge on any atom is -0.497 e. The summed E-state index contributed by atoms with van der Waals surface area (Å²) >= 11 is 1.81. The van der Waals surface area contributed by atoms with Crippen molar-refractivity contribution in [3.63, 3.8) is 0 Å². The highest BCUT2D eigenvalue weighted by Crippen LogP contribution is 2.40. The van der Waals surface area contributed by atoms with E-state index in [9.17, 15) is 0 Å². The van der Waals surface area contributed by atoms with Crippen LogP contribution in [0.4, 0.5) is 0 Å². The molecule has 0 fully saturated rings. The fourth-order valence-electron chi connectivity index (χ4n) is 2.47. The molecule has 4 heteroatoms. The molecule has 2 aromatic carbocycles. The number of thiophene rings is 1. The summed E-state index contributed by atoms with van der Waals surface area (Å²) in [7, 11) is 6.99. The Morgan fingerprint density at radius 3 is 1.83 bits per heavy atom. The maximum atomic E-state index is 5.25. The number of benzene rings is 2. The van der Waals surface area contributed by atoms with Crippen molar-refractivity contribution in [2.24, 2.45) is 0 Å². The zero-order valence-corrected chi connectivity index (χ0v) is 14.9. The van der Waals surface area contributed by atoms with E-state index in [1.54, 1.807) is 14.2 Å². The lowest BCUT2D eigenvalue weighted by atomic mass is 10.0. The topological polar surface area (TPSA) is 18.5 Å². The van der Waals surface area contributed by atoms with E-state index in [1.807, 2.05) is 35.6 Å². The van der Waals surface area contributed by atoms with Gasteiger partial charge in [-0.3, -0.25) is 0 Å². The van der Waals surface area contributed by atoms with Crippen molar-refractivity contribution in [3.8, 4) is 33.1 Å². The summed E-state index contributed by atoms with van der Waals surface area (Å²) < 4.78 is 10.5. The van der Waals surface area contributed by atoms with Gasteiger partial charge in [0, 0.05) is 25.6 Å². The van der Waals surface area contributed by atoms with Crippen LogP contribution < -0.4 is 9.47 Å². The number of hydrogen-bond donors (Lipinski definition) is 0. The summed E-state index contributed by atoms with van der Waals surface area (Å²) in [6.07, 6.45) is 0. The van der Waals surface area contributed by atoms with Crippen LogP contribution in [0.15, 0.2) is 54.6 Å². The van der Waals surface area contributed by atoms with E-state index >= 15 is 0 Å². The van der Waals surface area contributed by atoms with E-state index in [0.717, 1.165) is 17.5 Å². The maximum absolute atomic E-state index is 5.25. The minimum atomic E-state index is 0.851. The molecular weight excluding hydrogens is 320 g/mol. The largest absolute Gasteiger partial charge is 0.497 e. The molecule has 0 aliphatic carbocycles. The van der Waals surface area contributed by atoms with Crippen molar-refractivity contribution in [1.82, 2.24) is 0 Å². The molecule has 3 aromatic rings. The summed E-state index contributed by atoms with van der Waals surface area (Å²) in [5.41, 5.74) is 3.64. The maximum Gasteiger partial charge on any atom is 0.118 e. The fraction of sp³-hybridized carbons (Fsp3) is 0.158. The lowest BCUT2D eigenvalue weighted by molar-refractivity contribution is 0.414. The van der Waals surface area contributed by atoms with Gasteiger partial charge in [0.05, 0.1) is 14.2 Å². The molecule has 23 heavy (non-hydrogen) atoms. The van der Waals surface area contributed by atoms with Gasteiger partial charge in [0.2, 0.25) is 0 Å². The third-order valence-electron chi connectivity index (χ3n) is 3.71. The van der Waals surface area contributed by atoms with Crippen LogP contribution in [0.5, 0.6) is 11.5 Å². The van der Waals surface area contributed by atoms with Crippen molar-refractivity contribution < 1.29 is 9.47 Å². The van der Waals surface area contributed by atoms with Gasteiger partial charge in [-0.15, -0.1) is 11.3 Å². The third kappa shape index (κ3) is 3.33. The highest BCUT2D eigenvalue weighted by Gasteiger charge is 2.12. The number of rotatable bonds is 5. The van der Waals surface area contributed by atoms with Gasteiger partial charge >= 0.3 is 0 Å². The van der Waals surface area contributed by atoms with E-state index in [1.165, 1.54) is 26.4 Å². The van der Waals surface area contributed by atoms with Crippen LogP contribution in [0.25, 0.3) is 21.6 Å². The molecule has 0 atom stereocenters. The highest BCUT2D eigenvalue weighted by molar-refractivity contribution is 7.16. The van der Waals surface area contributed by atoms with Crippen molar-refractivity contribution in [2.75, 3.05) is 14.2 Å². The van der Waals surface area contributed by atoms with Crippen LogP contribution >= 0.6 is 11.3 Å². The van der Waals surface area contributed by atoms with Crippen molar-refractivity contribution >= 4 is 21.6 Å². The number of hydrogen-bond acceptors (Lipinski definition) is 3. The predicted molar refractivity (Wildman–Crippen MR) is 97.8 cm³/mol. The molecule has 0 spiro atoms. The van der Waals surface area contributed by atoms with Crippen LogP contribution in [0.3, 0.4) is 0 Å². The second kappa shape index (κ2) is 7.02. The van der Waals surface area contributed by atoms with Gasteiger partial charge in [0.15, 0.2) is 0 Å². The summed E-state index contributed by atoms with van der Waals surface area (Å²) in [5, 5.41) is 0. The van der Waals surface area contributed by atoms with Crippen molar-refractivity contribution in [1.29, 1.82) is 0 Å². The molecule has 0 bridgehead atoms. The quantitative estimate of drug-likeness (QED) is 0.625. The molecule has 1 heterocycles. The molecule has 2 nitrogen and oxygen atoms in total. The second-order valence-electron chi connectivity index (χ2n) is 5.09. The Hall–Kier alpha value is -2.04. The molecule has 1 aromatic heterocycles. The Morgan fingerprint density at radius 2 is 1.35 bits per heavy atom. The number of ether oxygens (including phenoxy) is 2. The van der Waals surface area contributed by atoms with Crippen LogP contribution in [0, 0.1) is 0 Å². The van der Waals surface area contributed by atoms with Gasteiger partial charge < -0.3 is 9.47 Å². The summed E-state index contributed by atoms with van der Waals surface area (Å²) in [5.74, 6) is 1.74. The second-order valence-corrected chi connectivity index (χ2v) is 6.58. The summed E-state index contributed by atoms with van der Waals surface area (Å²) in [6, 6.07) is 19.5. The lowest BCUT2D eigenvalue weighted by Gasteiger charge is -2.07. The van der Waals surface area contributed by atoms with E-state index in [2.05, 4.69) is 40.6 Å². The average Bonchev–Trinajstić information content (AvgIpc) is 3.06. The van der Waals surface area contributed by atoms with Gasteiger partial charge in [0.25, 0.3) is 0 Å². The molecule has 0 amide bonds. The monoisotopic (exact) mass is 337 g/mol. The Bertz CT molecular complexity index is 711. The molecular formula is C19H17O2SSi. The molecule has 0 saturated heterocycles. The van der Waals surface area contributed by atoms with Gasteiger partial charge in [-0.2, -0.15) is 0 Å². The van der Waals surface area contributed by atoms with Crippen molar-refractivity contribution in [3.05, 3.63) is 59.5 Å². The highest BCUT2D eigenvalue weighted by atomic mass is 32.1. The SMILES string of the molecule is COc1ccc(-c2cc(C[Si])sc2-c2ccc(OC)cc2)cc1. The first-order valence-corrected chi connectivity index (χ1v) is 8.83. The average molecular weight is 337 g/mol. The molecule has 3 radical (unpaired) electrons.